The third kappa shape index (κ3) is 5.64. The van der Waals surface area contributed by atoms with Crippen molar-refractivity contribution in [3.63, 3.8) is 0 Å². The van der Waals surface area contributed by atoms with Crippen molar-refractivity contribution in [3.8, 4) is 0 Å². The number of carbonyl (C=O) groups excluding carboxylic acids is 2. The minimum absolute atomic E-state index is 0.0270. The number of nitrogens with one attached hydrogen (secondary N) is 1. The van der Waals surface area contributed by atoms with E-state index in [-0.39, 0.29) is 34.7 Å². The molecule has 0 spiro atoms. The Morgan fingerprint density at radius 3 is 2.28 bits per heavy atom. The predicted octanol–water partition coefficient (Wildman–Crippen LogP) is 3.83. The van der Waals surface area contributed by atoms with Crippen LogP contribution in [0.5, 0.6) is 0 Å². The Labute approximate surface area is 187 Å². The second kappa shape index (κ2) is 10.3. The van der Waals surface area contributed by atoms with Crippen LogP contribution < -0.4 is 5.32 Å². The van der Waals surface area contributed by atoms with Gasteiger partial charge in [0.1, 0.15) is 5.69 Å². The normalized spacial score (nSPS) is 12.2. The molecule has 1 unspecified atom stereocenters. The van der Waals surface area contributed by atoms with E-state index in [9.17, 15) is 18.0 Å². The fourth-order valence-electron chi connectivity index (χ4n) is 3.27. The van der Waals surface area contributed by atoms with Crippen LogP contribution in [0.25, 0.3) is 0 Å². The molecule has 2 aromatic heterocycles. The highest BCUT2D eigenvalue weighted by molar-refractivity contribution is 7.91. The van der Waals surface area contributed by atoms with E-state index in [0.29, 0.717) is 29.1 Å². The first-order chi connectivity index (χ1) is 15.3. The van der Waals surface area contributed by atoms with Gasteiger partial charge in [-0.15, -0.1) is 0 Å². The van der Waals surface area contributed by atoms with Crippen LogP contribution in [0.4, 0.5) is 5.69 Å². The van der Waals surface area contributed by atoms with Gasteiger partial charge in [-0.25, -0.2) is 8.42 Å². The van der Waals surface area contributed by atoms with Crippen LogP contribution in [0.3, 0.4) is 0 Å². The molecule has 1 N–H and O–H groups in total. The van der Waals surface area contributed by atoms with Gasteiger partial charge in [0.25, 0.3) is 0 Å². The number of hydrogen-bond acceptors (Lipinski definition) is 6. The van der Waals surface area contributed by atoms with Crippen LogP contribution in [0, 0.1) is 0 Å². The summed E-state index contributed by atoms with van der Waals surface area (Å²) < 4.78 is 23.8. The number of ketones is 1. The smallest absolute Gasteiger partial charge is 0.228 e. The molecule has 1 aromatic carbocycles. The molecule has 0 aliphatic rings. The largest absolute Gasteiger partial charge is 0.324 e. The van der Waals surface area contributed by atoms with Crippen molar-refractivity contribution in [1.29, 1.82) is 0 Å². The molecule has 0 saturated carbocycles. The molecular weight excluding hydrogens is 426 g/mol. The Kier molecular flexibility index (Phi) is 7.48. The Hall–Kier alpha value is -3.39. The summed E-state index contributed by atoms with van der Waals surface area (Å²) >= 11 is 0. The zero-order chi connectivity index (χ0) is 23.1. The molecule has 0 aliphatic heterocycles. The number of hydrogen-bond donors (Lipinski definition) is 1. The van der Waals surface area contributed by atoms with E-state index < -0.39 is 9.84 Å². The van der Waals surface area contributed by atoms with Crippen LogP contribution in [0.2, 0.25) is 0 Å². The number of pyridine rings is 2. The minimum atomic E-state index is -3.27. The summed E-state index contributed by atoms with van der Waals surface area (Å²) in [6, 6.07) is 15.0. The minimum Gasteiger partial charge on any atom is -0.324 e. The zero-order valence-electron chi connectivity index (χ0n) is 18.0. The molecule has 0 fully saturated rings. The molecule has 2 heterocycles. The number of amides is 1. The van der Waals surface area contributed by atoms with Gasteiger partial charge in [-0.1, -0.05) is 32.0 Å². The van der Waals surface area contributed by atoms with Crippen molar-refractivity contribution in [3.05, 3.63) is 83.9 Å². The van der Waals surface area contributed by atoms with Crippen molar-refractivity contribution < 1.29 is 18.0 Å². The Morgan fingerprint density at radius 1 is 0.969 bits per heavy atom. The predicted molar refractivity (Wildman–Crippen MR) is 122 cm³/mol. The maximum Gasteiger partial charge on any atom is 0.228 e. The van der Waals surface area contributed by atoms with Gasteiger partial charge in [-0.2, -0.15) is 0 Å². The summed E-state index contributed by atoms with van der Waals surface area (Å²) in [5.74, 6) is -0.731. The molecule has 0 radical (unpaired) electrons. The number of nitrogens with zero attached hydrogens (tertiary/aromatic N) is 2. The van der Waals surface area contributed by atoms with E-state index in [1.165, 1.54) is 18.3 Å². The third-order valence-electron chi connectivity index (χ3n) is 5.10. The van der Waals surface area contributed by atoms with Crippen molar-refractivity contribution in [1.82, 2.24) is 9.97 Å². The standard InChI is InChI=1S/C24H25N3O4S/c1-3-20(21-7-5-6-14-25-21)24(29)22-13-10-18(16-26-22)27-23(28)15-17-8-11-19(12-9-17)32(30,31)4-2/h5-14,16,20H,3-4,15H2,1-2H3,(H,27,28). The van der Waals surface area contributed by atoms with Crippen molar-refractivity contribution in [2.45, 2.75) is 37.5 Å². The number of benzene rings is 1. The van der Waals surface area contributed by atoms with Crippen LogP contribution in [-0.4, -0.2) is 35.8 Å². The first kappa shape index (κ1) is 23.3. The number of anilines is 1. The first-order valence-electron chi connectivity index (χ1n) is 10.4. The quantitative estimate of drug-likeness (QED) is 0.496. The monoisotopic (exact) mass is 451 g/mol. The van der Waals surface area contributed by atoms with E-state index in [1.807, 2.05) is 19.1 Å². The van der Waals surface area contributed by atoms with Gasteiger partial charge in [0.15, 0.2) is 15.6 Å². The lowest BCUT2D eigenvalue weighted by molar-refractivity contribution is -0.115. The Balaban J connectivity index is 1.63. The zero-order valence-corrected chi connectivity index (χ0v) is 18.8. The van der Waals surface area contributed by atoms with Gasteiger partial charge < -0.3 is 5.32 Å². The first-order valence-corrected chi connectivity index (χ1v) is 12.0. The Morgan fingerprint density at radius 2 is 1.72 bits per heavy atom. The summed E-state index contributed by atoms with van der Waals surface area (Å²) in [7, 11) is -3.27. The van der Waals surface area contributed by atoms with Gasteiger partial charge in [0.2, 0.25) is 5.91 Å². The van der Waals surface area contributed by atoms with E-state index in [0.717, 1.165) is 0 Å². The average molecular weight is 452 g/mol. The van der Waals surface area contributed by atoms with E-state index in [4.69, 9.17) is 0 Å². The summed E-state index contributed by atoms with van der Waals surface area (Å²) in [5.41, 5.74) is 2.19. The summed E-state index contributed by atoms with van der Waals surface area (Å²) in [5, 5.41) is 2.74. The highest BCUT2D eigenvalue weighted by Gasteiger charge is 2.22. The second-order valence-electron chi connectivity index (χ2n) is 7.28. The summed E-state index contributed by atoms with van der Waals surface area (Å²) in [4.78, 5) is 33.9. The van der Waals surface area contributed by atoms with E-state index in [2.05, 4.69) is 15.3 Å². The van der Waals surface area contributed by atoms with E-state index >= 15 is 0 Å². The molecule has 0 saturated heterocycles. The third-order valence-corrected chi connectivity index (χ3v) is 6.85. The topological polar surface area (TPSA) is 106 Å². The van der Waals surface area contributed by atoms with Crippen molar-refractivity contribution in [2.24, 2.45) is 0 Å². The molecule has 166 valence electrons. The van der Waals surface area contributed by atoms with Gasteiger partial charge in [-0.3, -0.25) is 19.6 Å². The van der Waals surface area contributed by atoms with Gasteiger partial charge in [-0.05, 0) is 48.4 Å². The van der Waals surface area contributed by atoms with Crippen LogP contribution in [0.1, 0.15) is 47.9 Å². The maximum atomic E-state index is 12.8. The second-order valence-corrected chi connectivity index (χ2v) is 9.56. The van der Waals surface area contributed by atoms with Crippen LogP contribution in [-0.2, 0) is 21.1 Å². The lowest BCUT2D eigenvalue weighted by Crippen LogP contribution is -2.17. The highest BCUT2D eigenvalue weighted by Crippen LogP contribution is 2.22. The number of Topliss-reactive ketones (excluding diaryl/α,β-unsaturated/α-hetero) is 1. The summed E-state index contributed by atoms with van der Waals surface area (Å²) in [6.45, 7) is 3.51. The lowest BCUT2D eigenvalue weighted by Gasteiger charge is -2.13. The molecular formula is C24H25N3O4S. The van der Waals surface area contributed by atoms with Gasteiger partial charge in [0, 0.05) is 6.20 Å². The molecule has 0 bridgehead atoms. The number of rotatable bonds is 9. The number of carbonyl (C=O) groups is 2. The average Bonchev–Trinajstić information content (AvgIpc) is 2.81. The molecule has 32 heavy (non-hydrogen) atoms. The van der Waals surface area contributed by atoms with E-state index in [1.54, 1.807) is 43.5 Å². The highest BCUT2D eigenvalue weighted by atomic mass is 32.2. The fraction of sp³-hybridized carbons (Fsp3) is 0.250. The SMILES string of the molecule is CCC(C(=O)c1ccc(NC(=O)Cc2ccc(S(=O)(=O)CC)cc2)cn1)c1ccccn1. The summed E-state index contributed by atoms with van der Waals surface area (Å²) in [6.07, 6.45) is 3.81. The maximum absolute atomic E-state index is 12.8. The van der Waals surface area contributed by atoms with Crippen molar-refractivity contribution in [2.75, 3.05) is 11.1 Å². The fourth-order valence-corrected chi connectivity index (χ4v) is 4.16. The van der Waals surface area contributed by atoms with Gasteiger partial charge in [0.05, 0.1) is 40.6 Å². The molecule has 8 heteroatoms. The van der Waals surface area contributed by atoms with Crippen LogP contribution in [0.15, 0.2) is 71.9 Å². The molecule has 0 aliphatic carbocycles. The molecule has 1 amide bonds. The molecule has 3 rings (SSSR count). The van der Waals surface area contributed by atoms with Gasteiger partial charge >= 0.3 is 0 Å². The molecule has 3 aromatic rings. The Bertz CT molecular complexity index is 1180. The molecule has 1 atom stereocenters. The lowest BCUT2D eigenvalue weighted by atomic mass is 9.94. The number of aromatic nitrogens is 2. The van der Waals surface area contributed by atoms with Crippen LogP contribution >= 0.6 is 0 Å². The van der Waals surface area contributed by atoms with Crippen molar-refractivity contribution >= 4 is 27.2 Å². The molecule has 7 nitrogen and oxygen atoms in total. The number of sulfone groups is 1.